The molecule has 2 aliphatic rings. The molecule has 4 rings (SSSR count). The van der Waals surface area contributed by atoms with Gasteiger partial charge in [-0.1, -0.05) is 31.4 Å². The van der Waals surface area contributed by atoms with Crippen molar-refractivity contribution in [3.05, 3.63) is 29.3 Å². The molecule has 1 N–H and O–H groups in total. The number of likely N-dealkylation sites (tertiary alicyclic amines) is 1. The van der Waals surface area contributed by atoms with E-state index < -0.39 is 0 Å². The normalized spacial score (nSPS) is 21.2. The van der Waals surface area contributed by atoms with E-state index in [-0.39, 0.29) is 30.3 Å². The second-order valence-corrected chi connectivity index (χ2v) is 8.38. The van der Waals surface area contributed by atoms with Crippen LogP contribution in [0.1, 0.15) is 56.0 Å². The molecule has 6 heteroatoms. The summed E-state index contributed by atoms with van der Waals surface area (Å²) in [6, 6.07) is 8.14. The molecule has 138 valence electrons. The highest BCUT2D eigenvalue weighted by Crippen LogP contribution is 2.36. The zero-order valence-electron chi connectivity index (χ0n) is 14.9. The smallest absolute Gasteiger partial charge is 0.242 e. The number of nitrogens with zero attached hydrogens (tertiary/aromatic N) is 2. The van der Waals surface area contributed by atoms with Crippen LogP contribution in [-0.2, 0) is 9.59 Å². The SMILES string of the molecule is O=C(NCC(=O)N1CCCC1c1nc2ccccc2s1)C1CCCCC1. The molecule has 1 saturated heterocycles. The van der Waals surface area contributed by atoms with E-state index in [4.69, 9.17) is 4.98 Å². The zero-order valence-corrected chi connectivity index (χ0v) is 15.8. The maximum Gasteiger partial charge on any atom is 0.242 e. The van der Waals surface area contributed by atoms with E-state index in [1.54, 1.807) is 11.3 Å². The standard InChI is InChI=1S/C20H25N3O2S/c24-18(13-21-19(25)14-7-2-1-3-8-14)23-12-6-10-16(23)20-22-15-9-4-5-11-17(15)26-20/h4-5,9,11,14,16H,1-3,6-8,10,12-13H2,(H,21,25). The number of carbonyl (C=O) groups excluding carboxylic acids is 2. The fourth-order valence-corrected chi connectivity index (χ4v) is 5.24. The predicted octanol–water partition coefficient (Wildman–Crippen LogP) is 3.66. The van der Waals surface area contributed by atoms with E-state index >= 15 is 0 Å². The second kappa shape index (κ2) is 7.74. The van der Waals surface area contributed by atoms with Crippen LogP contribution in [0.3, 0.4) is 0 Å². The number of nitrogens with one attached hydrogen (secondary N) is 1. The molecular weight excluding hydrogens is 346 g/mol. The van der Waals surface area contributed by atoms with E-state index in [1.807, 2.05) is 23.1 Å². The quantitative estimate of drug-likeness (QED) is 0.892. The summed E-state index contributed by atoms with van der Waals surface area (Å²) in [6.45, 7) is 0.857. The van der Waals surface area contributed by atoms with Gasteiger partial charge in [0.1, 0.15) is 5.01 Å². The molecule has 1 unspecified atom stereocenters. The lowest BCUT2D eigenvalue weighted by Gasteiger charge is -2.24. The second-order valence-electron chi connectivity index (χ2n) is 7.32. The summed E-state index contributed by atoms with van der Waals surface area (Å²) in [7, 11) is 0. The number of benzene rings is 1. The first kappa shape index (κ1) is 17.5. The van der Waals surface area contributed by atoms with Gasteiger partial charge in [0.05, 0.1) is 22.8 Å². The number of hydrogen-bond acceptors (Lipinski definition) is 4. The van der Waals surface area contributed by atoms with Crippen molar-refractivity contribution in [3.8, 4) is 0 Å². The predicted molar refractivity (Wildman–Crippen MR) is 103 cm³/mol. The maximum atomic E-state index is 12.7. The molecule has 0 bridgehead atoms. The number of amides is 2. The largest absolute Gasteiger partial charge is 0.347 e. The monoisotopic (exact) mass is 371 g/mol. The van der Waals surface area contributed by atoms with Gasteiger partial charge in [-0.05, 0) is 37.8 Å². The Morgan fingerprint density at radius 3 is 2.73 bits per heavy atom. The number of rotatable bonds is 4. The van der Waals surface area contributed by atoms with E-state index in [1.165, 1.54) is 6.42 Å². The molecule has 2 aromatic rings. The van der Waals surface area contributed by atoms with Gasteiger partial charge in [0.25, 0.3) is 0 Å². The maximum absolute atomic E-state index is 12.7. The van der Waals surface area contributed by atoms with Crippen molar-refractivity contribution in [2.75, 3.05) is 13.1 Å². The first-order valence-electron chi connectivity index (χ1n) is 9.65. The van der Waals surface area contributed by atoms with Crippen LogP contribution in [0.25, 0.3) is 10.2 Å². The molecule has 0 radical (unpaired) electrons. The van der Waals surface area contributed by atoms with Crippen LogP contribution in [-0.4, -0.2) is 34.8 Å². The third-order valence-electron chi connectivity index (χ3n) is 5.56. The van der Waals surface area contributed by atoms with Crippen molar-refractivity contribution in [2.45, 2.75) is 51.0 Å². The first-order chi connectivity index (χ1) is 12.7. The summed E-state index contributed by atoms with van der Waals surface area (Å²) in [4.78, 5) is 31.6. The minimum atomic E-state index is 0.0101. The lowest BCUT2D eigenvalue weighted by Crippen LogP contribution is -2.42. The van der Waals surface area contributed by atoms with Gasteiger partial charge in [0, 0.05) is 12.5 Å². The molecule has 1 aromatic carbocycles. The van der Waals surface area contributed by atoms with Crippen molar-refractivity contribution in [3.63, 3.8) is 0 Å². The van der Waals surface area contributed by atoms with Crippen LogP contribution in [0.4, 0.5) is 0 Å². The fourth-order valence-electron chi connectivity index (χ4n) is 4.13. The average Bonchev–Trinajstić information content (AvgIpc) is 3.32. The summed E-state index contributed by atoms with van der Waals surface area (Å²) >= 11 is 1.67. The minimum Gasteiger partial charge on any atom is -0.347 e. The lowest BCUT2D eigenvalue weighted by atomic mass is 9.89. The molecule has 26 heavy (non-hydrogen) atoms. The molecule has 5 nitrogen and oxygen atoms in total. The van der Waals surface area contributed by atoms with Crippen molar-refractivity contribution < 1.29 is 9.59 Å². The molecular formula is C20H25N3O2S. The first-order valence-corrected chi connectivity index (χ1v) is 10.5. The molecule has 2 amide bonds. The topological polar surface area (TPSA) is 62.3 Å². The Hall–Kier alpha value is -1.95. The van der Waals surface area contributed by atoms with Crippen molar-refractivity contribution >= 4 is 33.4 Å². The number of thiazole rings is 1. The summed E-state index contributed by atoms with van der Waals surface area (Å²) in [6.07, 6.45) is 7.32. The highest BCUT2D eigenvalue weighted by molar-refractivity contribution is 7.18. The van der Waals surface area contributed by atoms with Crippen molar-refractivity contribution in [2.24, 2.45) is 5.92 Å². The van der Waals surface area contributed by atoms with Crippen LogP contribution in [0.5, 0.6) is 0 Å². The summed E-state index contributed by atoms with van der Waals surface area (Å²) in [5.41, 5.74) is 0.998. The molecule has 1 aliphatic carbocycles. The van der Waals surface area contributed by atoms with Crippen LogP contribution in [0.2, 0.25) is 0 Å². The van der Waals surface area contributed by atoms with Crippen LogP contribution in [0, 0.1) is 5.92 Å². The Kier molecular flexibility index (Phi) is 5.20. The Balaban J connectivity index is 1.39. The highest BCUT2D eigenvalue weighted by atomic mass is 32.1. The number of aromatic nitrogens is 1. The molecule has 1 aliphatic heterocycles. The zero-order chi connectivity index (χ0) is 17.9. The van der Waals surface area contributed by atoms with Crippen molar-refractivity contribution in [1.29, 1.82) is 0 Å². The Bertz CT molecular complexity index is 764. The number of carbonyl (C=O) groups is 2. The molecule has 1 atom stereocenters. The van der Waals surface area contributed by atoms with Crippen LogP contribution in [0.15, 0.2) is 24.3 Å². The van der Waals surface area contributed by atoms with E-state index in [0.29, 0.717) is 0 Å². The molecule has 2 fully saturated rings. The third-order valence-corrected chi connectivity index (χ3v) is 6.70. The molecule has 1 aromatic heterocycles. The number of hydrogen-bond donors (Lipinski definition) is 1. The number of fused-ring (bicyclic) bond motifs is 1. The number of para-hydroxylation sites is 1. The summed E-state index contributed by atoms with van der Waals surface area (Å²) in [5, 5.41) is 3.89. The van der Waals surface area contributed by atoms with Gasteiger partial charge in [0.2, 0.25) is 11.8 Å². The van der Waals surface area contributed by atoms with Gasteiger partial charge in [0.15, 0.2) is 0 Å². The Morgan fingerprint density at radius 1 is 1.12 bits per heavy atom. The van der Waals surface area contributed by atoms with Crippen LogP contribution < -0.4 is 5.32 Å². The van der Waals surface area contributed by atoms with E-state index in [0.717, 1.165) is 60.3 Å². The molecule has 1 saturated carbocycles. The Morgan fingerprint density at radius 2 is 1.92 bits per heavy atom. The van der Waals surface area contributed by atoms with Crippen LogP contribution >= 0.6 is 11.3 Å². The lowest BCUT2D eigenvalue weighted by molar-refractivity contribution is -0.134. The average molecular weight is 372 g/mol. The van der Waals surface area contributed by atoms with E-state index in [2.05, 4.69) is 11.4 Å². The van der Waals surface area contributed by atoms with Gasteiger partial charge in [-0.15, -0.1) is 11.3 Å². The van der Waals surface area contributed by atoms with Gasteiger partial charge in [-0.2, -0.15) is 0 Å². The summed E-state index contributed by atoms with van der Waals surface area (Å²) in [5.74, 6) is 0.153. The summed E-state index contributed by atoms with van der Waals surface area (Å²) < 4.78 is 1.16. The van der Waals surface area contributed by atoms with Gasteiger partial charge < -0.3 is 10.2 Å². The Labute approximate surface area is 157 Å². The van der Waals surface area contributed by atoms with Crippen molar-refractivity contribution in [1.82, 2.24) is 15.2 Å². The molecule has 0 spiro atoms. The van der Waals surface area contributed by atoms with Gasteiger partial charge >= 0.3 is 0 Å². The third kappa shape index (κ3) is 3.61. The minimum absolute atomic E-state index is 0.0101. The van der Waals surface area contributed by atoms with E-state index in [9.17, 15) is 9.59 Å². The fraction of sp³-hybridized carbons (Fsp3) is 0.550. The van der Waals surface area contributed by atoms with Gasteiger partial charge in [-0.25, -0.2) is 4.98 Å². The molecule has 2 heterocycles. The van der Waals surface area contributed by atoms with Gasteiger partial charge in [-0.3, -0.25) is 9.59 Å². The highest BCUT2D eigenvalue weighted by Gasteiger charge is 2.32.